The van der Waals surface area contributed by atoms with Gasteiger partial charge in [0.15, 0.2) is 0 Å². The number of hydrazine groups is 1. The summed E-state index contributed by atoms with van der Waals surface area (Å²) in [6.45, 7) is 2.09. The molecular weight excluding hydrogens is 474 g/mol. The Morgan fingerprint density at radius 1 is 0.711 bits per heavy atom. The molecule has 0 fully saturated rings. The molecule has 0 radical (unpaired) electrons. The van der Waals surface area contributed by atoms with Crippen molar-refractivity contribution in [2.45, 2.75) is 13.0 Å². The highest BCUT2D eigenvalue weighted by Crippen LogP contribution is 2.25. The number of benzene rings is 3. The van der Waals surface area contributed by atoms with Crippen LogP contribution in [0.1, 0.15) is 18.5 Å². The van der Waals surface area contributed by atoms with Crippen LogP contribution in [-0.4, -0.2) is 29.5 Å². The molecule has 0 aliphatic rings. The zero-order valence-electron chi connectivity index (χ0n) is 20.7. The first kappa shape index (κ1) is 23.1. The lowest BCUT2D eigenvalue weighted by Gasteiger charge is -2.14. The minimum Gasteiger partial charge on any atom is -0.348 e. The maximum absolute atomic E-state index is 4.73. The van der Waals surface area contributed by atoms with Crippen LogP contribution in [0.2, 0.25) is 0 Å². The summed E-state index contributed by atoms with van der Waals surface area (Å²) in [6, 6.07) is 29.9. The molecule has 0 saturated carbocycles. The summed E-state index contributed by atoms with van der Waals surface area (Å²) in [5.41, 5.74) is 11.8. The van der Waals surface area contributed by atoms with Crippen molar-refractivity contribution in [3.8, 4) is 17.1 Å². The summed E-state index contributed by atoms with van der Waals surface area (Å²) in [5, 5.41) is 3.38. The Morgan fingerprint density at radius 3 is 2.32 bits per heavy atom. The van der Waals surface area contributed by atoms with Crippen molar-refractivity contribution in [3.63, 3.8) is 0 Å². The number of nitrogens with one attached hydrogen (secondary N) is 3. The van der Waals surface area contributed by atoms with Crippen LogP contribution < -0.4 is 16.2 Å². The molecule has 0 aliphatic heterocycles. The number of aromatic nitrogens is 6. The topological polar surface area (TPSA) is 105 Å². The average molecular weight is 500 g/mol. The van der Waals surface area contributed by atoms with Crippen LogP contribution in [0.15, 0.2) is 110 Å². The minimum atomic E-state index is 0.0728. The Balaban J connectivity index is 1.22. The van der Waals surface area contributed by atoms with Gasteiger partial charge in [-0.1, -0.05) is 54.6 Å². The quantitative estimate of drug-likeness (QED) is 0.223. The van der Waals surface area contributed by atoms with E-state index in [-0.39, 0.29) is 6.04 Å². The van der Waals surface area contributed by atoms with E-state index in [9.17, 15) is 0 Å². The van der Waals surface area contributed by atoms with Crippen molar-refractivity contribution in [2.75, 3.05) is 16.2 Å². The molecule has 0 spiro atoms. The number of anilines is 3. The van der Waals surface area contributed by atoms with Gasteiger partial charge in [0.25, 0.3) is 0 Å². The summed E-state index contributed by atoms with van der Waals surface area (Å²) in [6.07, 6.45) is 5.26. The first-order valence-electron chi connectivity index (χ1n) is 12.3. The normalized spacial score (nSPS) is 11.7. The number of para-hydroxylation sites is 1. The van der Waals surface area contributed by atoms with Crippen LogP contribution in [0.3, 0.4) is 0 Å². The molecule has 38 heavy (non-hydrogen) atoms. The van der Waals surface area contributed by atoms with Gasteiger partial charge in [-0.15, -0.1) is 0 Å². The molecule has 3 heterocycles. The van der Waals surface area contributed by atoms with E-state index in [1.165, 1.54) is 5.56 Å². The fourth-order valence-electron chi connectivity index (χ4n) is 4.16. The predicted molar refractivity (Wildman–Crippen MR) is 150 cm³/mol. The number of hydrogen-bond donors (Lipinski definition) is 3. The van der Waals surface area contributed by atoms with Crippen LogP contribution in [0, 0.1) is 0 Å². The Kier molecular flexibility index (Phi) is 6.30. The molecule has 0 unspecified atom stereocenters. The number of nitrogens with zero attached hydrogens (tertiary/aromatic N) is 6. The molecule has 0 saturated heterocycles. The largest absolute Gasteiger partial charge is 0.348 e. The van der Waals surface area contributed by atoms with E-state index >= 15 is 0 Å². The Labute approximate surface area is 219 Å². The van der Waals surface area contributed by atoms with Crippen LogP contribution >= 0.6 is 0 Å². The van der Waals surface area contributed by atoms with Crippen molar-refractivity contribution in [2.24, 2.45) is 0 Å². The molecule has 0 bridgehead atoms. The Bertz CT molecular complexity index is 1670. The summed E-state index contributed by atoms with van der Waals surface area (Å²) >= 11 is 0. The molecule has 9 nitrogen and oxygen atoms in total. The third-order valence-electron chi connectivity index (χ3n) is 6.12. The van der Waals surface area contributed by atoms with E-state index in [0.717, 1.165) is 33.8 Å². The van der Waals surface area contributed by atoms with E-state index in [0.29, 0.717) is 11.9 Å². The molecule has 9 heteroatoms. The van der Waals surface area contributed by atoms with Gasteiger partial charge in [-0.2, -0.15) is 4.98 Å². The Morgan fingerprint density at radius 2 is 1.47 bits per heavy atom. The third kappa shape index (κ3) is 4.98. The van der Waals surface area contributed by atoms with Crippen LogP contribution in [0.4, 0.5) is 17.6 Å². The van der Waals surface area contributed by atoms with Gasteiger partial charge in [-0.05, 0) is 48.9 Å². The van der Waals surface area contributed by atoms with Crippen LogP contribution in [0.25, 0.3) is 28.1 Å². The number of fused-ring (bicyclic) bond motifs is 1. The molecule has 6 rings (SSSR count). The second-order valence-electron chi connectivity index (χ2n) is 8.71. The summed E-state index contributed by atoms with van der Waals surface area (Å²) < 4.78 is 1.95. The lowest BCUT2D eigenvalue weighted by atomic mass is 10.1. The Hall–Kier alpha value is -5.31. The smallest absolute Gasteiger partial charge is 0.242 e. The highest BCUT2D eigenvalue weighted by atomic mass is 15.4. The van der Waals surface area contributed by atoms with Crippen LogP contribution in [-0.2, 0) is 0 Å². The maximum atomic E-state index is 4.73. The monoisotopic (exact) mass is 499 g/mol. The third-order valence-corrected chi connectivity index (χ3v) is 6.12. The average Bonchev–Trinajstić information content (AvgIpc) is 3.41. The molecule has 186 valence electrons. The van der Waals surface area contributed by atoms with E-state index in [2.05, 4.69) is 55.2 Å². The second-order valence-corrected chi connectivity index (χ2v) is 8.71. The first-order chi connectivity index (χ1) is 18.7. The molecule has 3 aromatic carbocycles. The molecule has 6 aromatic rings. The highest BCUT2D eigenvalue weighted by Gasteiger charge is 2.11. The SMILES string of the molecule is C[C@H](Nc1nccc(-n2cnc3cc(-c4ccnc(NNc5ccccc5)n4)ccc32)n1)c1ccccc1. The van der Waals surface area contributed by atoms with E-state index < -0.39 is 0 Å². The van der Waals surface area contributed by atoms with E-state index in [4.69, 9.17) is 4.98 Å². The van der Waals surface area contributed by atoms with Gasteiger partial charge in [0, 0.05) is 18.0 Å². The second kappa shape index (κ2) is 10.4. The minimum absolute atomic E-state index is 0.0728. The van der Waals surface area contributed by atoms with Crippen LogP contribution in [0.5, 0.6) is 0 Å². The van der Waals surface area contributed by atoms with E-state index in [1.807, 2.05) is 83.4 Å². The standard InChI is InChI=1S/C29H25N9/c1-20(21-8-4-2-5-9-21)33-28-30-17-15-27(35-28)38-19-32-25-18-22(12-13-26(25)38)24-14-16-31-29(34-24)37-36-23-10-6-3-7-11-23/h2-20,36H,1H3,(H,30,33,35)(H,31,34,37)/t20-/m0/s1. The fraction of sp³-hybridized carbons (Fsp3) is 0.0690. The summed E-state index contributed by atoms with van der Waals surface area (Å²) in [5.74, 6) is 1.77. The number of rotatable bonds is 8. The van der Waals surface area contributed by atoms with Crippen molar-refractivity contribution in [1.29, 1.82) is 0 Å². The van der Waals surface area contributed by atoms with Crippen molar-refractivity contribution >= 4 is 28.6 Å². The number of hydrogen-bond acceptors (Lipinski definition) is 8. The zero-order valence-corrected chi connectivity index (χ0v) is 20.7. The van der Waals surface area contributed by atoms with Gasteiger partial charge in [-0.3, -0.25) is 15.4 Å². The first-order valence-corrected chi connectivity index (χ1v) is 12.3. The highest BCUT2D eigenvalue weighted by molar-refractivity contribution is 5.82. The van der Waals surface area contributed by atoms with Crippen molar-refractivity contribution < 1.29 is 0 Å². The van der Waals surface area contributed by atoms with Gasteiger partial charge in [0.05, 0.1) is 28.5 Å². The number of imidazole rings is 1. The lowest BCUT2D eigenvalue weighted by Crippen LogP contribution is -2.11. The van der Waals surface area contributed by atoms with Gasteiger partial charge in [0.1, 0.15) is 12.1 Å². The van der Waals surface area contributed by atoms with Gasteiger partial charge in [0.2, 0.25) is 11.9 Å². The summed E-state index contributed by atoms with van der Waals surface area (Å²) in [7, 11) is 0. The van der Waals surface area contributed by atoms with Crippen molar-refractivity contribution in [3.05, 3.63) is 115 Å². The summed E-state index contributed by atoms with van der Waals surface area (Å²) in [4.78, 5) is 22.7. The van der Waals surface area contributed by atoms with E-state index in [1.54, 1.807) is 18.7 Å². The zero-order chi connectivity index (χ0) is 25.7. The molecule has 0 aliphatic carbocycles. The van der Waals surface area contributed by atoms with Gasteiger partial charge in [-0.25, -0.2) is 19.9 Å². The molecule has 1 atom stereocenters. The molecule has 3 N–H and O–H groups in total. The molecule has 3 aromatic heterocycles. The molecule has 0 amide bonds. The van der Waals surface area contributed by atoms with Gasteiger partial charge < -0.3 is 5.32 Å². The maximum Gasteiger partial charge on any atom is 0.242 e. The molecular formula is C29H25N9. The van der Waals surface area contributed by atoms with Gasteiger partial charge >= 0.3 is 0 Å². The predicted octanol–water partition coefficient (Wildman–Crippen LogP) is 5.88. The lowest BCUT2D eigenvalue weighted by molar-refractivity contribution is 0.854. The fourth-order valence-corrected chi connectivity index (χ4v) is 4.16. The van der Waals surface area contributed by atoms with Crippen molar-refractivity contribution in [1.82, 2.24) is 29.5 Å².